The smallest absolute Gasteiger partial charge is 0.416 e. The Kier molecular flexibility index (Phi) is 7.35. The van der Waals surface area contributed by atoms with Gasteiger partial charge < -0.3 is 15.3 Å². The summed E-state index contributed by atoms with van der Waals surface area (Å²) in [5.74, 6) is -0.294. The van der Waals surface area contributed by atoms with Gasteiger partial charge in [-0.25, -0.2) is 4.99 Å². The van der Waals surface area contributed by atoms with E-state index in [1.54, 1.807) is 4.68 Å². The minimum Gasteiger partial charge on any atom is -0.846 e. The number of amidine groups is 1. The Morgan fingerprint density at radius 3 is 2.63 bits per heavy atom. The van der Waals surface area contributed by atoms with Gasteiger partial charge in [0.1, 0.15) is 0 Å². The van der Waals surface area contributed by atoms with Crippen LogP contribution in [0.2, 0.25) is 0 Å². The van der Waals surface area contributed by atoms with Gasteiger partial charge in [-0.1, -0.05) is 54.3 Å². The van der Waals surface area contributed by atoms with Crippen LogP contribution in [0.15, 0.2) is 64.2 Å². The Balaban J connectivity index is 1.34. The number of benzene rings is 2. The number of nitrogens with zero attached hydrogens (tertiary/aromatic N) is 4. The van der Waals surface area contributed by atoms with Crippen LogP contribution in [0.25, 0.3) is 0 Å². The summed E-state index contributed by atoms with van der Waals surface area (Å²) >= 11 is 0. The zero-order chi connectivity index (χ0) is 26.7. The van der Waals surface area contributed by atoms with Crippen molar-refractivity contribution in [3.63, 3.8) is 0 Å². The van der Waals surface area contributed by atoms with Crippen LogP contribution in [-0.2, 0) is 17.5 Å². The first kappa shape index (κ1) is 25.7. The fourth-order valence-electron chi connectivity index (χ4n) is 5.22. The molecule has 2 heterocycles. The molecule has 1 amide bonds. The summed E-state index contributed by atoms with van der Waals surface area (Å²) in [6.07, 6.45) is 3.10. The third-order valence-electron chi connectivity index (χ3n) is 7.10. The van der Waals surface area contributed by atoms with Crippen molar-refractivity contribution in [2.24, 2.45) is 10.9 Å². The van der Waals surface area contributed by atoms with E-state index >= 15 is 0 Å². The maximum Gasteiger partial charge on any atom is 0.416 e. The Morgan fingerprint density at radius 1 is 1.13 bits per heavy atom. The molecule has 1 aliphatic heterocycles. The highest BCUT2D eigenvalue weighted by Crippen LogP contribution is 2.38. The normalized spacial score (nSPS) is 19.2. The fourth-order valence-corrected chi connectivity index (χ4v) is 5.22. The van der Waals surface area contributed by atoms with Crippen molar-refractivity contribution >= 4 is 29.2 Å². The molecule has 1 aliphatic carbocycles. The summed E-state index contributed by atoms with van der Waals surface area (Å²) in [7, 11) is 0. The highest BCUT2D eigenvalue weighted by atomic mass is 19.4. The van der Waals surface area contributed by atoms with Crippen molar-refractivity contribution < 1.29 is 32.3 Å². The number of nitrogens with one attached hydrogen (secondary N) is 1. The number of carbonyl (C=O) groups is 1. The number of aromatic nitrogens is 2. The topological polar surface area (TPSA) is 97.7 Å². The second kappa shape index (κ2) is 10.8. The van der Waals surface area contributed by atoms with Gasteiger partial charge in [-0.3, -0.25) is 9.32 Å². The van der Waals surface area contributed by atoms with Crippen molar-refractivity contribution in [1.82, 2.24) is 5.27 Å². The lowest BCUT2D eigenvalue weighted by Gasteiger charge is -2.21. The van der Waals surface area contributed by atoms with Crippen LogP contribution in [0.3, 0.4) is 0 Å². The molecule has 1 aromatic heterocycles. The van der Waals surface area contributed by atoms with E-state index in [2.05, 4.69) is 15.6 Å². The minimum atomic E-state index is -4.68. The predicted molar refractivity (Wildman–Crippen MR) is 132 cm³/mol. The van der Waals surface area contributed by atoms with Crippen LogP contribution in [0.4, 0.5) is 30.4 Å². The molecular formula is C27H28F3N5O3. The van der Waals surface area contributed by atoms with Gasteiger partial charge in [-0.15, -0.1) is 0 Å². The second-order valence-electron chi connectivity index (χ2n) is 9.82. The van der Waals surface area contributed by atoms with E-state index in [4.69, 9.17) is 4.52 Å². The Hall–Kier alpha value is -3.89. The van der Waals surface area contributed by atoms with Gasteiger partial charge in [0.15, 0.2) is 6.54 Å². The number of alkyl halides is 3. The third-order valence-corrected chi connectivity index (χ3v) is 7.10. The van der Waals surface area contributed by atoms with Gasteiger partial charge in [0.05, 0.1) is 17.5 Å². The number of halogens is 3. The van der Waals surface area contributed by atoms with Crippen LogP contribution in [0.1, 0.15) is 55.6 Å². The predicted octanol–water partition coefficient (Wildman–Crippen LogP) is 4.54. The van der Waals surface area contributed by atoms with Gasteiger partial charge in [0, 0.05) is 23.8 Å². The molecular weight excluding hydrogens is 499 g/mol. The summed E-state index contributed by atoms with van der Waals surface area (Å²) in [4.78, 5) is 18.2. The molecule has 0 bridgehead atoms. The van der Waals surface area contributed by atoms with E-state index < -0.39 is 23.7 Å². The van der Waals surface area contributed by atoms with Crippen LogP contribution >= 0.6 is 0 Å². The molecule has 1 N–H and O–H groups in total. The van der Waals surface area contributed by atoms with E-state index in [1.807, 2.05) is 30.3 Å². The number of hydrogen-bond acceptors (Lipinski definition) is 5. The zero-order valence-electron chi connectivity index (χ0n) is 20.7. The third kappa shape index (κ3) is 5.98. The number of hydrogen-bond donors (Lipinski definition) is 1. The molecule has 3 aromatic rings. The van der Waals surface area contributed by atoms with E-state index in [0.29, 0.717) is 18.9 Å². The van der Waals surface area contributed by atoms with Crippen molar-refractivity contribution in [3.05, 3.63) is 65.9 Å². The molecule has 2 aliphatic rings. The van der Waals surface area contributed by atoms with Crippen LogP contribution < -0.4 is 20.0 Å². The van der Waals surface area contributed by atoms with Crippen LogP contribution in [0.5, 0.6) is 0 Å². The Morgan fingerprint density at radius 2 is 1.89 bits per heavy atom. The van der Waals surface area contributed by atoms with Gasteiger partial charge in [-0.2, -0.15) is 13.2 Å². The Labute approximate surface area is 217 Å². The summed E-state index contributed by atoms with van der Waals surface area (Å²) in [5, 5.41) is 18.8. The molecule has 200 valence electrons. The lowest BCUT2D eigenvalue weighted by Crippen LogP contribution is -2.39. The average Bonchev–Trinajstić information content (AvgIpc) is 3.50. The quantitative estimate of drug-likeness (QED) is 0.288. The SMILES string of the molecule is O=C1[C@@H](c2ccccc2)CCN1c1cc(N/C([O-])=N/c2c[n+](CC3CCCCC3)no2)cc(C(F)(F)F)c1. The number of amides is 1. The highest BCUT2D eigenvalue weighted by molar-refractivity contribution is 6.01. The van der Waals surface area contributed by atoms with E-state index in [9.17, 15) is 23.1 Å². The molecule has 1 saturated carbocycles. The van der Waals surface area contributed by atoms with Gasteiger partial charge in [-0.05, 0) is 43.0 Å². The fraction of sp³-hybridized carbons (Fsp3) is 0.407. The number of anilines is 2. The lowest BCUT2D eigenvalue weighted by molar-refractivity contribution is -0.767. The zero-order valence-corrected chi connectivity index (χ0v) is 20.7. The maximum atomic E-state index is 13.7. The standard InChI is InChI=1S/C27H28F3N5O3/c28-27(29,30)20-13-21(15-22(14-20)35-12-11-23(25(35)36)19-9-5-2-6-10-19)31-26(37)32-24-17-34(33-38-24)16-18-7-3-1-4-8-18/h2,5-6,9-10,13-15,17-18,23H,1,3-4,7-8,11-12,16H2,(H-,31,32,33,37)/t23-/m1/s1. The molecule has 38 heavy (non-hydrogen) atoms. The van der Waals surface area contributed by atoms with E-state index in [-0.39, 0.29) is 29.7 Å². The first-order chi connectivity index (χ1) is 18.3. The first-order valence-electron chi connectivity index (χ1n) is 12.7. The summed E-state index contributed by atoms with van der Waals surface area (Å²) in [6.45, 7) is 0.919. The molecule has 11 heteroatoms. The highest BCUT2D eigenvalue weighted by Gasteiger charge is 2.36. The summed E-state index contributed by atoms with van der Waals surface area (Å²) < 4.78 is 47.8. The van der Waals surface area contributed by atoms with E-state index in [0.717, 1.165) is 30.5 Å². The molecule has 1 atom stereocenters. The van der Waals surface area contributed by atoms with Gasteiger partial charge >= 0.3 is 12.1 Å². The second-order valence-corrected chi connectivity index (χ2v) is 9.82. The monoisotopic (exact) mass is 527 g/mol. The molecule has 0 radical (unpaired) electrons. The molecule has 2 aromatic carbocycles. The molecule has 2 fully saturated rings. The van der Waals surface area contributed by atoms with Gasteiger partial charge in [0.25, 0.3) is 6.20 Å². The summed E-state index contributed by atoms with van der Waals surface area (Å²) in [6, 6.07) is 11.3. The van der Waals surface area contributed by atoms with Crippen LogP contribution in [-0.4, -0.2) is 23.7 Å². The molecule has 1 saturated heterocycles. The van der Waals surface area contributed by atoms with Crippen LogP contribution in [0, 0.1) is 5.92 Å². The maximum absolute atomic E-state index is 13.7. The first-order valence-corrected chi connectivity index (χ1v) is 12.7. The molecule has 5 rings (SSSR count). The van der Waals surface area contributed by atoms with E-state index in [1.165, 1.54) is 36.4 Å². The Bertz CT molecular complexity index is 1300. The molecule has 0 unspecified atom stereocenters. The van der Waals surface area contributed by atoms with Crippen molar-refractivity contribution in [2.75, 3.05) is 16.8 Å². The average molecular weight is 528 g/mol. The number of aliphatic imine (C=N–C) groups is 1. The molecule has 8 nitrogen and oxygen atoms in total. The van der Waals surface area contributed by atoms with Gasteiger partial charge in [0.2, 0.25) is 11.2 Å². The number of rotatable bonds is 6. The summed E-state index contributed by atoms with van der Waals surface area (Å²) in [5.41, 5.74) is -0.240. The largest absolute Gasteiger partial charge is 0.846 e. The van der Waals surface area contributed by atoms with Crippen molar-refractivity contribution in [1.29, 1.82) is 0 Å². The minimum absolute atomic E-state index is 0.0501. The van der Waals surface area contributed by atoms with Crippen molar-refractivity contribution in [2.45, 2.75) is 57.2 Å². The van der Waals surface area contributed by atoms with Crippen molar-refractivity contribution in [3.8, 4) is 0 Å². The molecule has 0 spiro atoms. The lowest BCUT2D eigenvalue weighted by atomic mass is 9.89. The number of carbonyl (C=O) groups excluding carboxylic acids is 1.